The molecule has 0 amide bonds. The first kappa shape index (κ1) is 15.8. The highest BCUT2D eigenvalue weighted by Crippen LogP contribution is 2.15. The zero-order valence-corrected chi connectivity index (χ0v) is 13.0. The van der Waals surface area contributed by atoms with E-state index in [1.165, 1.54) is 11.6 Å². The van der Waals surface area contributed by atoms with E-state index in [2.05, 4.69) is 5.32 Å². The summed E-state index contributed by atoms with van der Waals surface area (Å²) in [5, 5.41) is 3.64. The van der Waals surface area contributed by atoms with Gasteiger partial charge in [-0.2, -0.15) is 0 Å². The molecule has 1 unspecified atom stereocenters. The molecule has 0 aliphatic carbocycles. The van der Waals surface area contributed by atoms with Crippen LogP contribution in [0.2, 0.25) is 5.02 Å². The molecule has 0 aliphatic rings. The number of benzene rings is 2. The van der Waals surface area contributed by atoms with E-state index in [0.29, 0.717) is 23.7 Å². The second-order valence-corrected chi connectivity index (χ2v) is 5.58. The van der Waals surface area contributed by atoms with Gasteiger partial charge in [0.15, 0.2) is 0 Å². The maximum absolute atomic E-state index is 13.6. The summed E-state index contributed by atoms with van der Waals surface area (Å²) in [6.07, 6.45) is 0. The number of ether oxygens (including phenoxy) is 1. The normalized spacial score (nSPS) is 12.2. The van der Waals surface area contributed by atoms with Crippen molar-refractivity contribution in [2.75, 3.05) is 6.61 Å². The number of hydrogen-bond donors (Lipinski definition) is 1. The van der Waals surface area contributed by atoms with Crippen molar-refractivity contribution in [3.63, 3.8) is 0 Å². The quantitative estimate of drug-likeness (QED) is 0.857. The Balaban J connectivity index is 1.79. The first-order chi connectivity index (χ1) is 10.0. The molecule has 0 saturated heterocycles. The SMILES string of the molecule is Cc1ccc(OCC(C)NCc2ccc(Cl)cc2F)cc1. The van der Waals surface area contributed by atoms with E-state index in [4.69, 9.17) is 16.3 Å². The summed E-state index contributed by atoms with van der Waals surface area (Å²) >= 11 is 5.73. The molecule has 0 aromatic heterocycles. The maximum atomic E-state index is 13.6. The van der Waals surface area contributed by atoms with Crippen LogP contribution in [0.4, 0.5) is 4.39 Å². The minimum atomic E-state index is -0.290. The molecule has 21 heavy (non-hydrogen) atoms. The second kappa shape index (κ2) is 7.43. The fraction of sp³-hybridized carbons (Fsp3) is 0.294. The van der Waals surface area contributed by atoms with E-state index in [1.54, 1.807) is 12.1 Å². The van der Waals surface area contributed by atoms with Crippen LogP contribution in [-0.2, 0) is 6.54 Å². The molecule has 1 N–H and O–H groups in total. The van der Waals surface area contributed by atoms with Gasteiger partial charge in [0.25, 0.3) is 0 Å². The van der Waals surface area contributed by atoms with Gasteiger partial charge in [0.2, 0.25) is 0 Å². The molecule has 112 valence electrons. The van der Waals surface area contributed by atoms with E-state index in [-0.39, 0.29) is 11.9 Å². The molecule has 0 heterocycles. The van der Waals surface area contributed by atoms with Crippen LogP contribution in [0, 0.1) is 12.7 Å². The Hall–Kier alpha value is -1.58. The zero-order chi connectivity index (χ0) is 15.2. The van der Waals surface area contributed by atoms with Gasteiger partial charge >= 0.3 is 0 Å². The third-order valence-corrected chi connectivity index (χ3v) is 3.41. The van der Waals surface area contributed by atoms with E-state index in [1.807, 2.05) is 38.1 Å². The van der Waals surface area contributed by atoms with Crippen LogP contribution in [0.25, 0.3) is 0 Å². The molecule has 0 bridgehead atoms. The van der Waals surface area contributed by atoms with Gasteiger partial charge in [-0.15, -0.1) is 0 Å². The number of aryl methyl sites for hydroxylation is 1. The third-order valence-electron chi connectivity index (χ3n) is 3.18. The van der Waals surface area contributed by atoms with Crippen molar-refractivity contribution < 1.29 is 9.13 Å². The largest absolute Gasteiger partial charge is 0.492 e. The Morgan fingerprint density at radius 1 is 1.19 bits per heavy atom. The van der Waals surface area contributed by atoms with Gasteiger partial charge in [-0.25, -0.2) is 4.39 Å². The van der Waals surface area contributed by atoms with Gasteiger partial charge in [0, 0.05) is 23.2 Å². The average Bonchev–Trinajstić information content (AvgIpc) is 2.46. The van der Waals surface area contributed by atoms with Crippen molar-refractivity contribution in [1.29, 1.82) is 0 Å². The van der Waals surface area contributed by atoms with Gasteiger partial charge in [-0.3, -0.25) is 0 Å². The summed E-state index contributed by atoms with van der Waals surface area (Å²) < 4.78 is 19.3. The third kappa shape index (κ3) is 5.03. The van der Waals surface area contributed by atoms with Crippen molar-refractivity contribution in [2.45, 2.75) is 26.4 Å². The van der Waals surface area contributed by atoms with Crippen molar-refractivity contribution in [3.05, 3.63) is 64.4 Å². The second-order valence-electron chi connectivity index (χ2n) is 5.14. The number of nitrogens with one attached hydrogen (secondary N) is 1. The number of halogens is 2. The fourth-order valence-corrected chi connectivity index (χ4v) is 2.02. The van der Waals surface area contributed by atoms with Crippen molar-refractivity contribution in [3.8, 4) is 5.75 Å². The number of rotatable bonds is 6. The van der Waals surface area contributed by atoms with Crippen LogP contribution in [0.3, 0.4) is 0 Å². The lowest BCUT2D eigenvalue weighted by Gasteiger charge is -2.15. The zero-order valence-electron chi connectivity index (χ0n) is 12.2. The van der Waals surface area contributed by atoms with Gasteiger partial charge in [-0.05, 0) is 38.1 Å². The van der Waals surface area contributed by atoms with Crippen molar-refractivity contribution in [1.82, 2.24) is 5.32 Å². The lowest BCUT2D eigenvalue weighted by atomic mass is 10.2. The topological polar surface area (TPSA) is 21.3 Å². The Kier molecular flexibility index (Phi) is 5.59. The van der Waals surface area contributed by atoms with Crippen LogP contribution in [0.15, 0.2) is 42.5 Å². The highest BCUT2D eigenvalue weighted by atomic mass is 35.5. The highest BCUT2D eigenvalue weighted by Gasteiger charge is 2.06. The summed E-state index contributed by atoms with van der Waals surface area (Å²) in [4.78, 5) is 0. The summed E-state index contributed by atoms with van der Waals surface area (Å²) in [6, 6.07) is 12.7. The molecule has 0 spiro atoms. The van der Waals surface area contributed by atoms with Crippen LogP contribution < -0.4 is 10.1 Å². The van der Waals surface area contributed by atoms with Crippen LogP contribution in [0.1, 0.15) is 18.1 Å². The lowest BCUT2D eigenvalue weighted by Crippen LogP contribution is -2.31. The first-order valence-corrected chi connectivity index (χ1v) is 7.29. The lowest BCUT2D eigenvalue weighted by molar-refractivity contribution is 0.272. The van der Waals surface area contributed by atoms with Gasteiger partial charge in [0.05, 0.1) is 0 Å². The minimum Gasteiger partial charge on any atom is -0.492 e. The monoisotopic (exact) mass is 307 g/mol. The molecule has 2 aromatic carbocycles. The predicted molar refractivity (Wildman–Crippen MR) is 84.4 cm³/mol. The Morgan fingerprint density at radius 3 is 2.57 bits per heavy atom. The van der Waals surface area contributed by atoms with Crippen molar-refractivity contribution >= 4 is 11.6 Å². The summed E-state index contributed by atoms with van der Waals surface area (Å²) in [5.74, 6) is 0.550. The standard InChI is InChI=1S/C17H19ClFNO/c1-12-3-7-16(8-4-12)21-11-13(2)20-10-14-5-6-15(18)9-17(14)19/h3-9,13,20H,10-11H2,1-2H3. The Morgan fingerprint density at radius 2 is 1.90 bits per heavy atom. The highest BCUT2D eigenvalue weighted by molar-refractivity contribution is 6.30. The van der Waals surface area contributed by atoms with Crippen molar-refractivity contribution in [2.24, 2.45) is 0 Å². The molecule has 0 radical (unpaired) electrons. The van der Waals surface area contributed by atoms with E-state index < -0.39 is 0 Å². The molecule has 0 fully saturated rings. The molecule has 0 saturated carbocycles. The molecule has 2 aromatic rings. The van der Waals surface area contributed by atoms with E-state index in [9.17, 15) is 4.39 Å². The molecule has 4 heteroatoms. The van der Waals surface area contributed by atoms with Gasteiger partial charge in [-0.1, -0.05) is 35.4 Å². The predicted octanol–water partition coefficient (Wildman–Crippen LogP) is 4.34. The van der Waals surface area contributed by atoms with Crippen LogP contribution in [-0.4, -0.2) is 12.6 Å². The molecule has 2 nitrogen and oxygen atoms in total. The summed E-state index contributed by atoms with van der Waals surface area (Å²) in [7, 11) is 0. The molecular formula is C17H19ClFNO. The first-order valence-electron chi connectivity index (χ1n) is 6.91. The molecule has 0 aliphatic heterocycles. The maximum Gasteiger partial charge on any atom is 0.129 e. The van der Waals surface area contributed by atoms with E-state index >= 15 is 0 Å². The summed E-state index contributed by atoms with van der Waals surface area (Å²) in [6.45, 7) is 5.01. The average molecular weight is 308 g/mol. The molecule has 1 atom stereocenters. The summed E-state index contributed by atoms with van der Waals surface area (Å²) in [5.41, 5.74) is 1.80. The van der Waals surface area contributed by atoms with Crippen LogP contribution in [0.5, 0.6) is 5.75 Å². The van der Waals surface area contributed by atoms with Gasteiger partial charge < -0.3 is 10.1 Å². The fourth-order valence-electron chi connectivity index (χ4n) is 1.86. The molecule has 2 rings (SSSR count). The van der Waals surface area contributed by atoms with Crippen LogP contribution >= 0.6 is 11.6 Å². The van der Waals surface area contributed by atoms with E-state index in [0.717, 1.165) is 5.75 Å². The Labute approximate surface area is 129 Å². The number of hydrogen-bond acceptors (Lipinski definition) is 2. The van der Waals surface area contributed by atoms with Gasteiger partial charge in [0.1, 0.15) is 18.2 Å². The Bertz CT molecular complexity index is 586. The molecular weight excluding hydrogens is 289 g/mol. The minimum absolute atomic E-state index is 0.112. The smallest absolute Gasteiger partial charge is 0.129 e.